The van der Waals surface area contributed by atoms with Crippen LogP contribution in [0.15, 0.2) is 66.7 Å². The molecule has 0 aliphatic rings. The van der Waals surface area contributed by atoms with Gasteiger partial charge in [0.2, 0.25) is 5.91 Å². The van der Waals surface area contributed by atoms with E-state index >= 15 is 0 Å². The van der Waals surface area contributed by atoms with E-state index in [1.54, 1.807) is 19.2 Å². The number of nitrogens with zero attached hydrogens (tertiary/aromatic N) is 2. The summed E-state index contributed by atoms with van der Waals surface area (Å²) < 4.78 is 5.38. The number of hydrogen-bond donors (Lipinski definition) is 2. The summed E-state index contributed by atoms with van der Waals surface area (Å²) >= 11 is 0. The first-order valence-corrected chi connectivity index (χ1v) is 9.46. The maximum atomic E-state index is 11.3. The zero-order valence-electron chi connectivity index (χ0n) is 16.7. The van der Waals surface area contributed by atoms with E-state index in [1.807, 2.05) is 54.6 Å². The van der Waals surface area contributed by atoms with Gasteiger partial charge in [-0.05, 0) is 36.8 Å². The molecule has 0 saturated heterocycles. The average Bonchev–Trinajstić information content (AvgIpc) is 2.74. The number of benzene rings is 2. The van der Waals surface area contributed by atoms with Gasteiger partial charge in [-0.2, -0.15) is 0 Å². The molecule has 0 fully saturated rings. The first kappa shape index (κ1) is 20.4. The highest BCUT2D eigenvalue weighted by Crippen LogP contribution is 2.29. The van der Waals surface area contributed by atoms with Gasteiger partial charge < -0.3 is 21.1 Å². The molecule has 3 rings (SSSR count). The molecule has 2 aromatic carbocycles. The minimum absolute atomic E-state index is 0.0386. The molecule has 0 aliphatic heterocycles. The molecule has 29 heavy (non-hydrogen) atoms. The van der Waals surface area contributed by atoms with Crippen molar-refractivity contribution in [3.05, 3.63) is 77.9 Å². The van der Waals surface area contributed by atoms with E-state index < -0.39 is 5.91 Å². The minimum atomic E-state index is -0.442. The van der Waals surface area contributed by atoms with Gasteiger partial charge in [-0.3, -0.25) is 4.79 Å². The Morgan fingerprint density at radius 2 is 1.76 bits per heavy atom. The maximum Gasteiger partial charge on any atom is 0.248 e. The van der Waals surface area contributed by atoms with Gasteiger partial charge in [-0.15, -0.1) is 0 Å². The summed E-state index contributed by atoms with van der Waals surface area (Å²) in [6.07, 6.45) is 0. The lowest BCUT2D eigenvalue weighted by atomic mass is 10.1. The SMILES string of the molecule is COCC(C)N(Cc1ccc(C(N)=O)cc1)c1nc(-c2ccccc2)ccc1N. The van der Waals surface area contributed by atoms with Gasteiger partial charge in [0.1, 0.15) is 0 Å². The number of rotatable bonds is 8. The average molecular weight is 390 g/mol. The standard InChI is InChI=1S/C23H26N4O2/c1-16(15-29-2)27(14-17-8-10-19(11-9-17)22(25)28)23-20(24)12-13-21(26-23)18-6-4-3-5-7-18/h3-13,16H,14-15,24H2,1-2H3,(H2,25,28). The number of nitrogen functional groups attached to an aromatic ring is 1. The van der Waals surface area contributed by atoms with E-state index in [4.69, 9.17) is 21.2 Å². The highest BCUT2D eigenvalue weighted by Gasteiger charge is 2.20. The molecule has 1 amide bonds. The first-order chi connectivity index (χ1) is 14.0. The topological polar surface area (TPSA) is 94.5 Å². The van der Waals surface area contributed by atoms with Crippen molar-refractivity contribution < 1.29 is 9.53 Å². The molecular formula is C23H26N4O2. The molecule has 1 heterocycles. The van der Waals surface area contributed by atoms with Crippen LogP contribution in [0.5, 0.6) is 0 Å². The van der Waals surface area contributed by atoms with Crippen LogP contribution in [-0.2, 0) is 11.3 Å². The molecule has 3 aromatic rings. The van der Waals surface area contributed by atoms with Crippen molar-refractivity contribution in [2.45, 2.75) is 19.5 Å². The van der Waals surface area contributed by atoms with Crippen LogP contribution in [-0.4, -0.2) is 30.6 Å². The number of ether oxygens (including phenoxy) is 1. The quantitative estimate of drug-likeness (QED) is 0.614. The number of methoxy groups -OCH3 is 1. The van der Waals surface area contributed by atoms with Crippen LogP contribution in [0, 0.1) is 0 Å². The Morgan fingerprint density at radius 3 is 2.38 bits per heavy atom. The van der Waals surface area contributed by atoms with Crippen LogP contribution in [0.1, 0.15) is 22.8 Å². The van der Waals surface area contributed by atoms with E-state index in [-0.39, 0.29) is 6.04 Å². The highest BCUT2D eigenvalue weighted by molar-refractivity contribution is 5.92. The number of primary amides is 1. The molecule has 0 spiro atoms. The van der Waals surface area contributed by atoms with Crippen LogP contribution in [0.2, 0.25) is 0 Å². The number of nitrogens with two attached hydrogens (primary N) is 2. The molecule has 6 nitrogen and oxygen atoms in total. The summed E-state index contributed by atoms with van der Waals surface area (Å²) in [5, 5.41) is 0. The van der Waals surface area contributed by atoms with Crippen LogP contribution in [0.4, 0.5) is 11.5 Å². The van der Waals surface area contributed by atoms with Crippen molar-refractivity contribution in [2.24, 2.45) is 5.73 Å². The second-order valence-corrected chi connectivity index (χ2v) is 6.97. The first-order valence-electron chi connectivity index (χ1n) is 9.46. The van der Waals surface area contributed by atoms with Gasteiger partial charge in [-0.25, -0.2) is 4.98 Å². The lowest BCUT2D eigenvalue weighted by Crippen LogP contribution is -2.37. The summed E-state index contributed by atoms with van der Waals surface area (Å²) in [6, 6.07) is 21.1. The molecule has 0 radical (unpaired) electrons. The fourth-order valence-electron chi connectivity index (χ4n) is 3.20. The third kappa shape index (κ3) is 4.92. The van der Waals surface area contributed by atoms with Crippen molar-refractivity contribution >= 4 is 17.4 Å². The van der Waals surface area contributed by atoms with Crippen molar-refractivity contribution in [1.29, 1.82) is 0 Å². The second kappa shape index (κ2) is 9.21. The Morgan fingerprint density at radius 1 is 1.07 bits per heavy atom. The third-order valence-corrected chi connectivity index (χ3v) is 4.78. The molecule has 4 N–H and O–H groups in total. The molecule has 0 aliphatic carbocycles. The van der Waals surface area contributed by atoms with Crippen LogP contribution < -0.4 is 16.4 Å². The minimum Gasteiger partial charge on any atom is -0.396 e. The largest absolute Gasteiger partial charge is 0.396 e. The number of pyridine rings is 1. The van der Waals surface area contributed by atoms with Crippen LogP contribution in [0.25, 0.3) is 11.3 Å². The number of carbonyl (C=O) groups is 1. The maximum absolute atomic E-state index is 11.3. The van der Waals surface area contributed by atoms with Crippen molar-refractivity contribution in [2.75, 3.05) is 24.4 Å². The second-order valence-electron chi connectivity index (χ2n) is 6.97. The lowest BCUT2D eigenvalue weighted by molar-refractivity contribution is 0.100. The molecule has 6 heteroatoms. The molecule has 1 aromatic heterocycles. The Labute approximate surface area is 171 Å². The van der Waals surface area contributed by atoms with Crippen LogP contribution in [0.3, 0.4) is 0 Å². The Kier molecular flexibility index (Phi) is 6.46. The van der Waals surface area contributed by atoms with E-state index in [0.717, 1.165) is 16.8 Å². The number of carbonyl (C=O) groups excluding carboxylic acids is 1. The smallest absolute Gasteiger partial charge is 0.248 e. The fraction of sp³-hybridized carbons (Fsp3) is 0.217. The zero-order valence-corrected chi connectivity index (χ0v) is 16.7. The molecule has 1 atom stereocenters. The van der Waals surface area contributed by atoms with Crippen molar-refractivity contribution in [1.82, 2.24) is 4.98 Å². The van der Waals surface area contributed by atoms with E-state index in [1.165, 1.54) is 0 Å². The van der Waals surface area contributed by atoms with E-state index in [9.17, 15) is 4.79 Å². The normalized spacial score (nSPS) is 11.8. The monoisotopic (exact) mass is 390 g/mol. The van der Waals surface area contributed by atoms with E-state index in [2.05, 4.69) is 11.8 Å². The van der Waals surface area contributed by atoms with Crippen LogP contribution >= 0.6 is 0 Å². The number of hydrogen-bond acceptors (Lipinski definition) is 5. The highest BCUT2D eigenvalue weighted by atomic mass is 16.5. The summed E-state index contributed by atoms with van der Waals surface area (Å²) in [4.78, 5) is 18.3. The third-order valence-electron chi connectivity index (χ3n) is 4.78. The zero-order chi connectivity index (χ0) is 20.8. The Hall–Kier alpha value is -3.38. The fourth-order valence-corrected chi connectivity index (χ4v) is 3.20. The Bertz CT molecular complexity index is 958. The number of amides is 1. The molecule has 0 bridgehead atoms. The predicted molar refractivity (Wildman–Crippen MR) is 117 cm³/mol. The molecule has 0 saturated carbocycles. The summed E-state index contributed by atoms with van der Waals surface area (Å²) in [7, 11) is 1.67. The molecule has 1 unspecified atom stereocenters. The number of aromatic nitrogens is 1. The van der Waals surface area contributed by atoms with Gasteiger partial charge in [0.25, 0.3) is 0 Å². The van der Waals surface area contributed by atoms with Gasteiger partial charge in [-0.1, -0.05) is 42.5 Å². The lowest BCUT2D eigenvalue weighted by Gasteiger charge is -2.31. The van der Waals surface area contributed by atoms with E-state index in [0.29, 0.717) is 30.2 Å². The van der Waals surface area contributed by atoms with Crippen molar-refractivity contribution in [3.63, 3.8) is 0 Å². The molecule has 150 valence electrons. The van der Waals surface area contributed by atoms with Gasteiger partial charge in [0.15, 0.2) is 5.82 Å². The van der Waals surface area contributed by atoms with Gasteiger partial charge in [0.05, 0.1) is 24.0 Å². The van der Waals surface area contributed by atoms with Gasteiger partial charge >= 0.3 is 0 Å². The number of anilines is 2. The Balaban J connectivity index is 1.97. The summed E-state index contributed by atoms with van der Waals surface area (Å²) in [5.41, 5.74) is 15.6. The van der Waals surface area contributed by atoms with Gasteiger partial charge in [0, 0.05) is 24.8 Å². The molecular weight excluding hydrogens is 364 g/mol. The summed E-state index contributed by atoms with van der Waals surface area (Å²) in [5.74, 6) is 0.262. The summed E-state index contributed by atoms with van der Waals surface area (Å²) in [6.45, 7) is 3.16. The predicted octanol–water partition coefficient (Wildman–Crippen LogP) is 3.47. The van der Waals surface area contributed by atoms with Crippen molar-refractivity contribution in [3.8, 4) is 11.3 Å².